The maximum atomic E-state index is 13.3. The highest BCUT2D eigenvalue weighted by atomic mass is 32.2. The highest BCUT2D eigenvalue weighted by molar-refractivity contribution is 7.89. The van der Waals surface area contributed by atoms with Crippen LogP contribution in [0.3, 0.4) is 0 Å². The molecule has 0 heterocycles. The molecule has 0 amide bonds. The van der Waals surface area contributed by atoms with Gasteiger partial charge in [-0.1, -0.05) is 203 Å². The van der Waals surface area contributed by atoms with E-state index in [0.29, 0.717) is 32.2 Å². The van der Waals surface area contributed by atoms with E-state index in [9.17, 15) is 22.8 Å². The van der Waals surface area contributed by atoms with Crippen molar-refractivity contribution in [1.82, 2.24) is 9.62 Å². The third kappa shape index (κ3) is 56.4. The predicted molar refractivity (Wildman–Crippen MR) is 337 cm³/mol. The quantitative estimate of drug-likeness (QED) is 0.0274. The van der Waals surface area contributed by atoms with Crippen LogP contribution in [-0.2, 0) is 38.6 Å². The summed E-state index contributed by atoms with van der Waals surface area (Å²) in [5.74, 6) is -1.23. The summed E-state index contributed by atoms with van der Waals surface area (Å²) in [7, 11) is 0.294. The molecular weight excluding hydrogens is 1000 g/mol. The maximum absolute atomic E-state index is 13.3. The smallest absolute Gasteiger partial charge is 0.305 e. The minimum absolute atomic E-state index is 0.142. The number of carbonyl (C=O) groups is 3. The van der Waals surface area contributed by atoms with Gasteiger partial charge < -0.3 is 19.1 Å². The predicted octanol–water partition coefficient (Wildman–Crippen LogP) is 18.5. The zero-order valence-corrected chi connectivity index (χ0v) is 52.6. The lowest BCUT2D eigenvalue weighted by Crippen LogP contribution is -2.40. The fourth-order valence-electron chi connectivity index (χ4n) is 9.19. The maximum Gasteiger partial charge on any atom is 0.305 e. The number of ether oxygens (including phenoxy) is 3. The summed E-state index contributed by atoms with van der Waals surface area (Å²) < 4.78 is 46.8. The van der Waals surface area contributed by atoms with Gasteiger partial charge in [-0.3, -0.25) is 14.4 Å². The van der Waals surface area contributed by atoms with Crippen LogP contribution in [-0.4, -0.2) is 84.0 Å². The zero-order valence-electron chi connectivity index (χ0n) is 51.8. The van der Waals surface area contributed by atoms with Gasteiger partial charge in [0, 0.05) is 25.8 Å². The summed E-state index contributed by atoms with van der Waals surface area (Å²) in [6.07, 6.45) is 67.6. The van der Waals surface area contributed by atoms with Crippen molar-refractivity contribution in [1.29, 1.82) is 0 Å². The van der Waals surface area contributed by atoms with E-state index in [-0.39, 0.29) is 75.6 Å². The molecule has 0 radical (unpaired) electrons. The van der Waals surface area contributed by atoms with Crippen LogP contribution in [0.5, 0.6) is 0 Å². The van der Waals surface area contributed by atoms with E-state index in [1.807, 2.05) is 19.0 Å². The monoisotopic (exact) mass is 1130 g/mol. The van der Waals surface area contributed by atoms with Crippen LogP contribution in [0.4, 0.5) is 0 Å². The molecule has 458 valence electrons. The average molecular weight is 1130 g/mol. The summed E-state index contributed by atoms with van der Waals surface area (Å²) in [6.45, 7) is 7.37. The Morgan fingerprint density at radius 1 is 0.392 bits per heavy atom. The zero-order chi connectivity index (χ0) is 57.9. The lowest BCUT2D eigenvalue weighted by molar-refractivity contribution is -0.162. The van der Waals surface area contributed by atoms with Crippen LogP contribution in [0.25, 0.3) is 0 Å². The molecule has 0 saturated heterocycles. The van der Waals surface area contributed by atoms with Crippen molar-refractivity contribution in [3.63, 3.8) is 0 Å². The fraction of sp³-hybridized carbons (Fsp3) is 0.779. The fourth-order valence-corrected chi connectivity index (χ4v) is 10.3. The number of carbonyl (C=O) groups excluding carboxylic acids is 3. The van der Waals surface area contributed by atoms with Crippen LogP contribution >= 0.6 is 0 Å². The van der Waals surface area contributed by atoms with E-state index in [1.54, 1.807) is 0 Å². The third-order valence-corrected chi connectivity index (χ3v) is 15.8. The van der Waals surface area contributed by atoms with Crippen LogP contribution in [0, 0.1) is 5.41 Å². The van der Waals surface area contributed by atoms with Gasteiger partial charge in [-0.05, 0) is 155 Å². The highest BCUT2D eigenvalue weighted by Gasteiger charge is 2.36. The van der Waals surface area contributed by atoms with Gasteiger partial charge in [-0.25, -0.2) is 13.1 Å². The van der Waals surface area contributed by atoms with Gasteiger partial charge in [0.05, 0.1) is 11.2 Å². The Hall–Kier alpha value is -3.28. The number of unbranched alkanes of at least 4 members (excludes halogenated alkanes) is 26. The molecular formula is C68H122N2O8S. The number of nitrogens with zero attached hydrogens (tertiary/aromatic N) is 1. The normalized spacial score (nSPS) is 12.6. The van der Waals surface area contributed by atoms with Gasteiger partial charge in [-0.15, -0.1) is 0 Å². The Morgan fingerprint density at radius 2 is 0.684 bits per heavy atom. The van der Waals surface area contributed by atoms with E-state index in [4.69, 9.17) is 14.2 Å². The van der Waals surface area contributed by atoms with Crippen molar-refractivity contribution in [3.05, 3.63) is 72.9 Å². The number of sulfonamides is 1. The van der Waals surface area contributed by atoms with Gasteiger partial charge in [0.15, 0.2) is 0 Å². The molecule has 0 atom stereocenters. The molecule has 0 spiro atoms. The Balaban J connectivity index is 5.50. The van der Waals surface area contributed by atoms with Crippen LogP contribution < -0.4 is 4.72 Å². The highest BCUT2D eigenvalue weighted by Crippen LogP contribution is 2.28. The summed E-state index contributed by atoms with van der Waals surface area (Å²) in [5.41, 5.74) is -1.10. The van der Waals surface area contributed by atoms with E-state index in [0.717, 1.165) is 135 Å². The molecule has 1 N–H and O–H groups in total. The lowest BCUT2D eigenvalue weighted by atomic mass is 9.85. The molecule has 0 rings (SSSR count). The first-order valence-electron chi connectivity index (χ1n) is 32.5. The summed E-state index contributed by atoms with van der Waals surface area (Å²) in [5, 5.41) is 0. The van der Waals surface area contributed by atoms with Crippen LogP contribution in [0.15, 0.2) is 72.9 Å². The molecule has 0 aromatic rings. The molecule has 10 nitrogen and oxygen atoms in total. The van der Waals surface area contributed by atoms with Crippen molar-refractivity contribution in [2.45, 2.75) is 284 Å². The first kappa shape index (κ1) is 75.7. The standard InChI is InChI=1S/C68H122N2O8S/c1-6-9-12-15-18-21-24-27-30-31-34-37-40-43-46-49-52-57-67(73)78-64-68(58-53-61-79(74,75)69-59-54-60-70(4)5,62-76-65(71)55-50-47-44-41-38-35-32-28-25-22-19-16-13-10-7-2)63-77-66(72)56-51-48-45-42-39-36-33-29-26-23-20-17-14-11-8-3/h19-20,22-24,27-29,31-34,69H,6-18,21,25-26,30,35-64H2,1-5H3/b22-19-,23-20-,27-24-,32-28-,33-29-,34-31-. The largest absolute Gasteiger partial charge is 0.465 e. The Bertz CT molecular complexity index is 1640. The first-order chi connectivity index (χ1) is 38.5. The second kappa shape index (κ2) is 57.9. The Labute approximate surface area is 487 Å². The minimum atomic E-state index is -3.61. The van der Waals surface area contributed by atoms with Gasteiger partial charge in [0.1, 0.15) is 19.8 Å². The van der Waals surface area contributed by atoms with E-state index < -0.39 is 15.4 Å². The number of allylic oxidation sites excluding steroid dienone is 12. The molecule has 11 heteroatoms. The van der Waals surface area contributed by atoms with Crippen molar-refractivity contribution >= 4 is 27.9 Å². The Kier molecular flexibility index (Phi) is 55.5. The molecule has 0 unspecified atom stereocenters. The molecule has 0 bridgehead atoms. The van der Waals surface area contributed by atoms with Crippen molar-refractivity contribution in [3.8, 4) is 0 Å². The second-order valence-electron chi connectivity index (χ2n) is 22.6. The number of hydrogen-bond acceptors (Lipinski definition) is 9. The topological polar surface area (TPSA) is 128 Å². The molecule has 0 aliphatic rings. The third-order valence-electron chi connectivity index (χ3n) is 14.3. The second-order valence-corrected chi connectivity index (χ2v) is 24.5. The molecule has 0 aliphatic carbocycles. The van der Waals surface area contributed by atoms with Crippen molar-refractivity contribution in [2.24, 2.45) is 5.41 Å². The number of esters is 3. The number of hydrogen-bond donors (Lipinski definition) is 1. The summed E-state index contributed by atoms with van der Waals surface area (Å²) in [6, 6.07) is 0. The first-order valence-corrected chi connectivity index (χ1v) is 34.1. The lowest BCUT2D eigenvalue weighted by Gasteiger charge is -2.32. The molecule has 0 aromatic carbocycles. The number of nitrogens with one attached hydrogen (secondary N) is 1. The SMILES string of the molecule is CCCCC/C=C\C/C=C\CCCCCCCC(=O)OCC(CCCS(=O)(=O)NCCCN(C)C)(COC(=O)CCCCCCC/C=C\C/C=C\CCCCC)COC(=O)CCCCCCC/C=C\C/C=C\CCCCCCC. The molecule has 79 heavy (non-hydrogen) atoms. The minimum Gasteiger partial charge on any atom is -0.465 e. The van der Waals surface area contributed by atoms with Gasteiger partial charge in [-0.2, -0.15) is 0 Å². The molecule has 0 aromatic heterocycles. The average Bonchev–Trinajstić information content (AvgIpc) is 3.43. The molecule has 0 fully saturated rings. The summed E-state index contributed by atoms with van der Waals surface area (Å²) >= 11 is 0. The summed E-state index contributed by atoms with van der Waals surface area (Å²) in [4.78, 5) is 41.9. The van der Waals surface area contributed by atoms with Gasteiger partial charge in [0.25, 0.3) is 0 Å². The van der Waals surface area contributed by atoms with E-state index >= 15 is 0 Å². The van der Waals surface area contributed by atoms with Gasteiger partial charge >= 0.3 is 17.9 Å². The van der Waals surface area contributed by atoms with Crippen LogP contribution in [0.2, 0.25) is 0 Å². The van der Waals surface area contributed by atoms with Gasteiger partial charge in [0.2, 0.25) is 10.0 Å². The molecule has 0 saturated carbocycles. The van der Waals surface area contributed by atoms with E-state index in [1.165, 1.54) is 77.0 Å². The number of rotatable bonds is 59. The van der Waals surface area contributed by atoms with Crippen molar-refractivity contribution in [2.75, 3.05) is 52.8 Å². The Morgan fingerprint density at radius 3 is 1.01 bits per heavy atom. The van der Waals surface area contributed by atoms with Crippen LogP contribution in [0.1, 0.15) is 284 Å². The van der Waals surface area contributed by atoms with E-state index in [2.05, 4.69) is 98.4 Å². The van der Waals surface area contributed by atoms with Crippen molar-refractivity contribution < 1.29 is 37.0 Å². The molecule has 0 aliphatic heterocycles.